The number of carbonyl (C=O) groups excluding carboxylic acids is 1. The highest BCUT2D eigenvalue weighted by Gasteiger charge is 2.20. The number of hydrogen-bond acceptors (Lipinski definition) is 3. The topological polar surface area (TPSA) is 59.4 Å². The second-order valence-electron chi connectivity index (χ2n) is 6.61. The van der Waals surface area contributed by atoms with Crippen molar-refractivity contribution in [2.45, 2.75) is 13.5 Å². The predicted octanol–water partition coefficient (Wildman–Crippen LogP) is 3.08. The second kappa shape index (κ2) is 6.37. The van der Waals surface area contributed by atoms with Crippen molar-refractivity contribution in [1.82, 2.24) is 20.0 Å². The van der Waals surface area contributed by atoms with Gasteiger partial charge in [0.15, 0.2) is 0 Å². The molecule has 1 aromatic heterocycles. The Balaban J connectivity index is 1.82. The van der Waals surface area contributed by atoms with Crippen molar-refractivity contribution < 1.29 is 9.53 Å². The quantitative estimate of drug-likeness (QED) is 0.734. The Bertz CT molecular complexity index is 993. The average molecular weight is 350 g/mol. The van der Waals surface area contributed by atoms with Crippen LogP contribution in [-0.2, 0) is 13.6 Å². The van der Waals surface area contributed by atoms with Crippen LogP contribution in [0.5, 0.6) is 5.75 Å². The van der Waals surface area contributed by atoms with E-state index >= 15 is 0 Å². The summed E-state index contributed by atoms with van der Waals surface area (Å²) >= 11 is 0. The van der Waals surface area contributed by atoms with E-state index in [1.165, 1.54) is 11.1 Å². The lowest BCUT2D eigenvalue weighted by molar-refractivity contribution is 0.190. The summed E-state index contributed by atoms with van der Waals surface area (Å²) in [5.41, 5.74) is 5.60. The number of aromatic nitrogens is 2. The van der Waals surface area contributed by atoms with Crippen molar-refractivity contribution in [3.63, 3.8) is 0 Å². The molecule has 1 aliphatic rings. The monoisotopic (exact) mass is 350 g/mol. The van der Waals surface area contributed by atoms with Crippen molar-refractivity contribution in [2.75, 3.05) is 20.2 Å². The SMILES string of the molecule is CNC(=O)N1CCOc2ccc(-c3c(C)ccc4c3cnn4C)cc2C1. The minimum absolute atomic E-state index is 0.0857. The van der Waals surface area contributed by atoms with Crippen LogP contribution in [0.4, 0.5) is 4.79 Å². The highest BCUT2D eigenvalue weighted by molar-refractivity contribution is 5.96. The van der Waals surface area contributed by atoms with E-state index in [0.717, 1.165) is 27.8 Å². The molecule has 0 unspecified atom stereocenters. The fourth-order valence-corrected chi connectivity index (χ4v) is 3.60. The maximum atomic E-state index is 12.1. The Labute approximate surface area is 152 Å². The number of fused-ring (bicyclic) bond motifs is 2. The van der Waals surface area contributed by atoms with Gasteiger partial charge in [0, 0.05) is 25.0 Å². The molecule has 3 aromatic rings. The van der Waals surface area contributed by atoms with Crippen molar-refractivity contribution >= 4 is 16.9 Å². The first kappa shape index (κ1) is 16.4. The molecule has 6 heteroatoms. The molecular weight excluding hydrogens is 328 g/mol. The summed E-state index contributed by atoms with van der Waals surface area (Å²) in [6.45, 7) is 3.71. The van der Waals surface area contributed by atoms with Gasteiger partial charge in [0.25, 0.3) is 0 Å². The lowest BCUT2D eigenvalue weighted by atomic mass is 9.95. The normalized spacial score (nSPS) is 13.9. The highest BCUT2D eigenvalue weighted by atomic mass is 16.5. The molecule has 0 atom stereocenters. The number of hydrogen-bond donors (Lipinski definition) is 1. The van der Waals surface area contributed by atoms with Gasteiger partial charge < -0.3 is 15.0 Å². The van der Waals surface area contributed by atoms with Gasteiger partial charge in [-0.15, -0.1) is 0 Å². The number of carbonyl (C=O) groups is 1. The lowest BCUT2D eigenvalue weighted by Crippen LogP contribution is -2.38. The molecule has 2 aromatic carbocycles. The van der Waals surface area contributed by atoms with E-state index in [1.54, 1.807) is 11.9 Å². The summed E-state index contributed by atoms with van der Waals surface area (Å²) in [7, 11) is 3.60. The standard InChI is InChI=1S/C20H22N4O2/c1-13-4-6-17-16(11-22-23(17)3)19(13)14-5-7-18-15(10-14)12-24(8-9-26-18)20(25)21-2/h4-7,10-11H,8-9,12H2,1-3H3,(H,21,25). The van der Waals surface area contributed by atoms with E-state index in [4.69, 9.17) is 4.74 Å². The van der Waals surface area contributed by atoms with Crippen molar-refractivity contribution in [1.29, 1.82) is 0 Å². The van der Waals surface area contributed by atoms with E-state index in [1.807, 2.05) is 24.0 Å². The molecule has 0 spiro atoms. The first-order valence-electron chi connectivity index (χ1n) is 8.72. The van der Waals surface area contributed by atoms with Crippen LogP contribution in [-0.4, -0.2) is 40.9 Å². The van der Waals surface area contributed by atoms with Gasteiger partial charge in [-0.25, -0.2) is 4.79 Å². The minimum atomic E-state index is -0.0857. The number of benzene rings is 2. The van der Waals surface area contributed by atoms with Crippen molar-refractivity contribution in [2.24, 2.45) is 7.05 Å². The molecule has 6 nitrogen and oxygen atoms in total. The first-order valence-corrected chi connectivity index (χ1v) is 8.72. The van der Waals surface area contributed by atoms with Gasteiger partial charge in [-0.2, -0.15) is 5.10 Å². The number of aryl methyl sites for hydroxylation is 2. The van der Waals surface area contributed by atoms with Gasteiger partial charge in [-0.05, 0) is 41.8 Å². The number of ether oxygens (including phenoxy) is 1. The Morgan fingerprint density at radius 2 is 2.12 bits per heavy atom. The van der Waals surface area contributed by atoms with E-state index in [0.29, 0.717) is 19.7 Å². The molecule has 2 heterocycles. The fourth-order valence-electron chi connectivity index (χ4n) is 3.60. The third-order valence-electron chi connectivity index (χ3n) is 4.97. The number of nitrogens with one attached hydrogen (secondary N) is 1. The molecule has 26 heavy (non-hydrogen) atoms. The van der Waals surface area contributed by atoms with E-state index in [2.05, 4.69) is 41.6 Å². The third kappa shape index (κ3) is 2.67. The molecular formula is C20H22N4O2. The minimum Gasteiger partial charge on any atom is -0.491 e. The lowest BCUT2D eigenvalue weighted by Gasteiger charge is -2.19. The third-order valence-corrected chi connectivity index (χ3v) is 4.97. The molecule has 1 N–H and O–H groups in total. The zero-order valence-electron chi connectivity index (χ0n) is 15.2. The molecule has 0 radical (unpaired) electrons. The van der Waals surface area contributed by atoms with Crippen LogP contribution in [0.3, 0.4) is 0 Å². The van der Waals surface area contributed by atoms with E-state index in [9.17, 15) is 4.79 Å². The summed E-state index contributed by atoms with van der Waals surface area (Å²) < 4.78 is 7.73. The maximum absolute atomic E-state index is 12.1. The van der Waals surface area contributed by atoms with Crippen LogP contribution < -0.4 is 10.1 Å². The molecule has 0 saturated heterocycles. The zero-order chi connectivity index (χ0) is 18.3. The summed E-state index contributed by atoms with van der Waals surface area (Å²) in [5, 5.41) is 8.23. The van der Waals surface area contributed by atoms with Crippen LogP contribution in [0.25, 0.3) is 22.0 Å². The van der Waals surface area contributed by atoms with Crippen LogP contribution in [0.2, 0.25) is 0 Å². The Hall–Kier alpha value is -3.02. The van der Waals surface area contributed by atoms with Crippen LogP contribution >= 0.6 is 0 Å². The number of rotatable bonds is 1. The number of amides is 2. The Kier molecular flexibility index (Phi) is 4.03. The largest absolute Gasteiger partial charge is 0.491 e. The summed E-state index contributed by atoms with van der Waals surface area (Å²) in [4.78, 5) is 13.8. The summed E-state index contributed by atoms with van der Waals surface area (Å²) in [5.74, 6) is 0.844. The van der Waals surface area contributed by atoms with Crippen LogP contribution in [0, 0.1) is 6.92 Å². The summed E-state index contributed by atoms with van der Waals surface area (Å²) in [6, 6.07) is 10.4. The van der Waals surface area contributed by atoms with Crippen molar-refractivity contribution in [3.05, 3.63) is 47.7 Å². The molecule has 4 rings (SSSR count). The first-order chi connectivity index (χ1) is 12.6. The Morgan fingerprint density at radius 1 is 1.27 bits per heavy atom. The van der Waals surface area contributed by atoms with E-state index in [-0.39, 0.29) is 6.03 Å². The molecule has 0 bridgehead atoms. The van der Waals surface area contributed by atoms with Gasteiger partial charge >= 0.3 is 6.03 Å². The summed E-state index contributed by atoms with van der Waals surface area (Å²) in [6.07, 6.45) is 1.91. The van der Waals surface area contributed by atoms with Gasteiger partial charge in [0.1, 0.15) is 12.4 Å². The fraction of sp³-hybridized carbons (Fsp3) is 0.300. The number of nitrogens with zero attached hydrogens (tertiary/aromatic N) is 3. The van der Waals surface area contributed by atoms with Gasteiger partial charge in [-0.1, -0.05) is 12.1 Å². The highest BCUT2D eigenvalue weighted by Crippen LogP contribution is 2.35. The van der Waals surface area contributed by atoms with Crippen LogP contribution in [0.15, 0.2) is 36.5 Å². The van der Waals surface area contributed by atoms with Gasteiger partial charge in [0.2, 0.25) is 0 Å². The Morgan fingerprint density at radius 3 is 2.92 bits per heavy atom. The second-order valence-corrected chi connectivity index (χ2v) is 6.61. The van der Waals surface area contributed by atoms with E-state index < -0.39 is 0 Å². The zero-order valence-corrected chi connectivity index (χ0v) is 15.2. The number of urea groups is 1. The molecule has 0 aliphatic carbocycles. The molecule has 1 aliphatic heterocycles. The molecule has 0 saturated carbocycles. The molecule has 134 valence electrons. The average Bonchev–Trinajstić information content (AvgIpc) is 2.89. The molecule has 0 fully saturated rings. The smallest absolute Gasteiger partial charge is 0.317 e. The van der Waals surface area contributed by atoms with Crippen LogP contribution in [0.1, 0.15) is 11.1 Å². The molecule has 2 amide bonds. The maximum Gasteiger partial charge on any atom is 0.317 e. The predicted molar refractivity (Wildman–Crippen MR) is 101 cm³/mol. The van der Waals surface area contributed by atoms with Gasteiger partial charge in [0.05, 0.1) is 24.8 Å². The van der Waals surface area contributed by atoms with Gasteiger partial charge in [-0.3, -0.25) is 4.68 Å². The van der Waals surface area contributed by atoms with Crippen molar-refractivity contribution in [3.8, 4) is 16.9 Å².